The van der Waals surface area contributed by atoms with Gasteiger partial charge in [-0.25, -0.2) is 0 Å². The van der Waals surface area contributed by atoms with Crippen LogP contribution in [0.25, 0.3) is 0 Å². The fourth-order valence-corrected chi connectivity index (χ4v) is 9.40. The standard InChI is InChI=1S/C65H112O14/c1-3-5-7-9-11-13-15-17-19-21-23-25-26-27-29-31-33-35-37-39-41-43-45-47-49-74-51-54(52-75-64-63(73)61(71)59(69)56(79-64)53-76-65-62(72)60(70)58(68)55(50-66)78-65)77-57(67)48-46-44-42-40-38-36-34-32-30-28-24-22-20-18-16-14-12-10-8-6-4-2/h5,7,11,13,16-19,22-25,30,32,54-56,58-66,68-73H,3-4,6,8-10,12,14-15,20-21,26-29,31,33-53H2,1-2H3/b7-5-,13-11-,18-16-,19-17-,24-22-,25-23-,32-30-. The molecule has 14 heteroatoms. The van der Waals surface area contributed by atoms with Crippen molar-refractivity contribution in [3.05, 3.63) is 85.1 Å². The van der Waals surface area contributed by atoms with Gasteiger partial charge in [0.25, 0.3) is 0 Å². The summed E-state index contributed by atoms with van der Waals surface area (Å²) in [7, 11) is 0. The average Bonchev–Trinajstić information content (AvgIpc) is 3.46. The Morgan fingerprint density at radius 3 is 1.29 bits per heavy atom. The van der Waals surface area contributed by atoms with Gasteiger partial charge in [-0.05, 0) is 89.9 Å². The van der Waals surface area contributed by atoms with Gasteiger partial charge < -0.3 is 64.2 Å². The summed E-state index contributed by atoms with van der Waals surface area (Å²) in [6, 6.07) is 0. The van der Waals surface area contributed by atoms with Crippen LogP contribution < -0.4 is 0 Å². The van der Waals surface area contributed by atoms with Gasteiger partial charge in [0.1, 0.15) is 54.9 Å². The number of ether oxygens (including phenoxy) is 6. The van der Waals surface area contributed by atoms with Gasteiger partial charge in [-0.2, -0.15) is 0 Å². The van der Waals surface area contributed by atoms with Gasteiger partial charge in [-0.1, -0.05) is 208 Å². The topological polar surface area (TPSA) is 214 Å². The maximum absolute atomic E-state index is 13.1. The summed E-state index contributed by atoms with van der Waals surface area (Å²) in [5.74, 6) is -0.390. The molecule has 14 nitrogen and oxygen atoms in total. The van der Waals surface area contributed by atoms with Crippen molar-refractivity contribution in [1.82, 2.24) is 0 Å². The predicted octanol–water partition coefficient (Wildman–Crippen LogP) is 12.0. The van der Waals surface area contributed by atoms with Crippen LogP contribution in [-0.4, -0.2) is 142 Å². The molecule has 11 atom stereocenters. The molecule has 456 valence electrons. The zero-order valence-electron chi connectivity index (χ0n) is 49.1. The highest BCUT2D eigenvalue weighted by Crippen LogP contribution is 2.27. The molecule has 2 heterocycles. The molecular formula is C65H112O14. The van der Waals surface area contributed by atoms with E-state index in [4.69, 9.17) is 28.4 Å². The lowest BCUT2D eigenvalue weighted by molar-refractivity contribution is -0.332. The summed E-state index contributed by atoms with van der Waals surface area (Å²) in [6.07, 6.45) is 50.7. The summed E-state index contributed by atoms with van der Waals surface area (Å²) in [5.41, 5.74) is 0. The van der Waals surface area contributed by atoms with Crippen LogP contribution in [0.2, 0.25) is 0 Å². The molecule has 0 amide bonds. The molecule has 0 aromatic rings. The fraction of sp³-hybridized carbons (Fsp3) is 0.769. The smallest absolute Gasteiger partial charge is 0.306 e. The fourth-order valence-electron chi connectivity index (χ4n) is 9.40. The van der Waals surface area contributed by atoms with Crippen LogP contribution in [0.4, 0.5) is 0 Å². The third-order valence-corrected chi connectivity index (χ3v) is 14.4. The van der Waals surface area contributed by atoms with Gasteiger partial charge in [0.2, 0.25) is 0 Å². The Morgan fingerprint density at radius 1 is 0.430 bits per heavy atom. The Bertz CT molecular complexity index is 1630. The summed E-state index contributed by atoms with van der Waals surface area (Å²) in [5, 5.41) is 72.5. The second-order valence-corrected chi connectivity index (χ2v) is 21.5. The highest BCUT2D eigenvalue weighted by molar-refractivity contribution is 5.69. The molecule has 7 N–H and O–H groups in total. The number of hydrogen-bond donors (Lipinski definition) is 7. The Labute approximate surface area is 478 Å². The summed E-state index contributed by atoms with van der Waals surface area (Å²) in [4.78, 5) is 13.1. The molecule has 79 heavy (non-hydrogen) atoms. The molecule has 0 aromatic heterocycles. The number of aliphatic hydroxyl groups is 7. The summed E-state index contributed by atoms with van der Waals surface area (Å²) in [6.45, 7) is 3.55. The van der Waals surface area contributed by atoms with E-state index in [2.05, 4.69) is 98.9 Å². The number of rotatable bonds is 50. The van der Waals surface area contributed by atoms with E-state index in [1.807, 2.05) is 0 Å². The van der Waals surface area contributed by atoms with Crippen LogP contribution in [0, 0.1) is 0 Å². The van der Waals surface area contributed by atoms with E-state index >= 15 is 0 Å². The van der Waals surface area contributed by atoms with Crippen LogP contribution in [0.15, 0.2) is 85.1 Å². The van der Waals surface area contributed by atoms with Crippen molar-refractivity contribution in [1.29, 1.82) is 0 Å². The number of unbranched alkanes of at least 4 members (excludes halogenated alkanes) is 22. The van der Waals surface area contributed by atoms with Gasteiger partial charge >= 0.3 is 5.97 Å². The van der Waals surface area contributed by atoms with Crippen molar-refractivity contribution in [3.63, 3.8) is 0 Å². The molecule has 2 rings (SSSR count). The Hall–Kier alpha value is -2.83. The molecule has 0 aliphatic carbocycles. The van der Waals surface area contributed by atoms with Gasteiger partial charge in [-0.15, -0.1) is 0 Å². The lowest BCUT2D eigenvalue weighted by atomic mass is 9.98. The minimum absolute atomic E-state index is 0.0498. The maximum atomic E-state index is 13.1. The monoisotopic (exact) mass is 1120 g/mol. The molecular weight excluding hydrogens is 1000 g/mol. The van der Waals surface area contributed by atoms with Crippen molar-refractivity contribution < 1.29 is 69.0 Å². The van der Waals surface area contributed by atoms with Gasteiger partial charge in [0.05, 0.1) is 26.4 Å². The second kappa shape index (κ2) is 50.9. The molecule has 0 aromatic carbocycles. The molecule has 2 saturated heterocycles. The van der Waals surface area contributed by atoms with Crippen LogP contribution in [0.3, 0.4) is 0 Å². The van der Waals surface area contributed by atoms with Crippen molar-refractivity contribution in [3.8, 4) is 0 Å². The molecule has 0 bridgehead atoms. The number of esters is 1. The normalized spacial score (nSPS) is 24.6. The van der Waals surface area contributed by atoms with Gasteiger partial charge in [0, 0.05) is 13.0 Å². The Balaban J connectivity index is 1.70. The first-order chi connectivity index (χ1) is 38.6. The number of carbonyl (C=O) groups is 1. The van der Waals surface area contributed by atoms with Crippen LogP contribution in [-0.2, 0) is 33.2 Å². The van der Waals surface area contributed by atoms with Crippen LogP contribution in [0.1, 0.15) is 219 Å². The minimum atomic E-state index is -1.71. The molecule has 2 fully saturated rings. The molecule has 0 saturated carbocycles. The molecule has 0 spiro atoms. The zero-order chi connectivity index (χ0) is 57.2. The second-order valence-electron chi connectivity index (χ2n) is 21.5. The van der Waals surface area contributed by atoms with Crippen molar-refractivity contribution in [2.45, 2.75) is 287 Å². The predicted molar refractivity (Wildman–Crippen MR) is 316 cm³/mol. The number of allylic oxidation sites excluding steroid dienone is 14. The third kappa shape index (κ3) is 37.1. The van der Waals surface area contributed by atoms with E-state index in [-0.39, 0.29) is 19.6 Å². The van der Waals surface area contributed by atoms with Gasteiger partial charge in [0.15, 0.2) is 12.6 Å². The third-order valence-electron chi connectivity index (χ3n) is 14.4. The maximum Gasteiger partial charge on any atom is 0.306 e. The van der Waals surface area contributed by atoms with Crippen molar-refractivity contribution in [2.75, 3.05) is 33.0 Å². The van der Waals surface area contributed by atoms with E-state index in [0.29, 0.717) is 13.0 Å². The largest absolute Gasteiger partial charge is 0.457 e. The Morgan fingerprint density at radius 2 is 0.823 bits per heavy atom. The Kier molecular flexibility index (Phi) is 46.5. The van der Waals surface area contributed by atoms with E-state index in [1.54, 1.807) is 0 Å². The van der Waals surface area contributed by atoms with E-state index in [1.165, 1.54) is 89.9 Å². The molecule has 11 unspecified atom stereocenters. The highest BCUT2D eigenvalue weighted by Gasteiger charge is 2.47. The number of hydrogen-bond acceptors (Lipinski definition) is 14. The first kappa shape index (κ1) is 72.3. The highest BCUT2D eigenvalue weighted by atomic mass is 16.7. The van der Waals surface area contributed by atoms with Gasteiger partial charge in [-0.3, -0.25) is 4.79 Å². The SMILES string of the molecule is CC/C=C\C/C=C\C/C=C\C/C=C\CCCCCCCCCCCCCOCC(COC1OC(COC2OC(CO)C(O)C(O)C2O)C(O)C(O)C1O)OC(=O)CCCCCCCC/C=C\C/C=C\C/C=C\CCCCCCC. The lowest BCUT2D eigenvalue weighted by Crippen LogP contribution is -2.61. The molecule has 0 radical (unpaired) electrons. The van der Waals surface area contributed by atoms with E-state index in [9.17, 15) is 40.5 Å². The van der Waals surface area contributed by atoms with Crippen LogP contribution >= 0.6 is 0 Å². The summed E-state index contributed by atoms with van der Waals surface area (Å²) >= 11 is 0. The number of carbonyl (C=O) groups excluding carboxylic acids is 1. The zero-order valence-corrected chi connectivity index (χ0v) is 49.1. The van der Waals surface area contributed by atoms with Crippen LogP contribution in [0.5, 0.6) is 0 Å². The average molecular weight is 1120 g/mol. The minimum Gasteiger partial charge on any atom is -0.457 e. The molecule has 2 aliphatic heterocycles. The van der Waals surface area contributed by atoms with Crippen molar-refractivity contribution in [2.24, 2.45) is 0 Å². The van der Waals surface area contributed by atoms with Crippen molar-refractivity contribution >= 4 is 5.97 Å². The first-order valence-corrected chi connectivity index (χ1v) is 31.2. The lowest BCUT2D eigenvalue weighted by Gasteiger charge is -2.42. The first-order valence-electron chi connectivity index (χ1n) is 31.2. The summed E-state index contributed by atoms with van der Waals surface area (Å²) < 4.78 is 34.4. The quantitative estimate of drug-likeness (QED) is 0.0172. The molecule has 2 aliphatic rings. The van der Waals surface area contributed by atoms with E-state index in [0.717, 1.165) is 103 Å². The number of aliphatic hydroxyl groups excluding tert-OH is 7. The van der Waals surface area contributed by atoms with E-state index < -0.39 is 86.7 Å².